The summed E-state index contributed by atoms with van der Waals surface area (Å²) in [5.74, 6) is 0.696. The maximum absolute atomic E-state index is 12.6. The molecule has 1 amide bonds. The molecular weight excluding hydrogens is 300 g/mol. The van der Waals surface area contributed by atoms with Crippen LogP contribution < -0.4 is 5.32 Å². The average Bonchev–Trinajstić information content (AvgIpc) is 2.90. The molecule has 2 aromatic rings. The molecule has 0 atom stereocenters. The van der Waals surface area contributed by atoms with E-state index in [1.807, 2.05) is 4.90 Å². The Morgan fingerprint density at radius 1 is 1.08 bits per heavy atom. The fourth-order valence-electron chi connectivity index (χ4n) is 2.91. The van der Waals surface area contributed by atoms with Gasteiger partial charge in [0.1, 0.15) is 17.8 Å². The third-order valence-corrected chi connectivity index (χ3v) is 4.37. The van der Waals surface area contributed by atoms with E-state index < -0.39 is 0 Å². The molecule has 1 fully saturated rings. The molecule has 2 heterocycles. The number of anilines is 1. The van der Waals surface area contributed by atoms with E-state index in [-0.39, 0.29) is 5.91 Å². The molecule has 1 aliphatic heterocycles. The van der Waals surface area contributed by atoms with E-state index in [4.69, 9.17) is 0 Å². The van der Waals surface area contributed by atoms with Crippen LogP contribution in [0.3, 0.4) is 0 Å². The second kappa shape index (κ2) is 7.90. The molecular formula is C19H24N4O. The molecule has 1 aliphatic rings. The Bertz CT molecular complexity index is 676. The minimum Gasteiger partial charge on any atom is -0.366 e. The van der Waals surface area contributed by atoms with Crippen LogP contribution in [0.15, 0.2) is 36.7 Å². The van der Waals surface area contributed by atoms with E-state index in [0.717, 1.165) is 25.9 Å². The van der Waals surface area contributed by atoms with Crippen molar-refractivity contribution < 1.29 is 4.79 Å². The SMILES string of the molecule is Cc1ccc(CNc2cc(C(=O)N3CCCCCC3)ncn2)cc1. The van der Waals surface area contributed by atoms with Gasteiger partial charge >= 0.3 is 0 Å². The van der Waals surface area contributed by atoms with Crippen LogP contribution in [0.4, 0.5) is 5.82 Å². The lowest BCUT2D eigenvalue weighted by Crippen LogP contribution is -2.32. The topological polar surface area (TPSA) is 58.1 Å². The van der Waals surface area contributed by atoms with Crippen LogP contribution in [0.2, 0.25) is 0 Å². The molecule has 0 aliphatic carbocycles. The first-order valence-electron chi connectivity index (χ1n) is 8.63. The van der Waals surface area contributed by atoms with Gasteiger partial charge in [-0.3, -0.25) is 4.79 Å². The van der Waals surface area contributed by atoms with Crippen molar-refractivity contribution in [1.29, 1.82) is 0 Å². The van der Waals surface area contributed by atoms with Gasteiger partial charge in [-0.05, 0) is 25.3 Å². The Labute approximate surface area is 143 Å². The van der Waals surface area contributed by atoms with Crippen LogP contribution in [0.25, 0.3) is 0 Å². The Hall–Kier alpha value is -2.43. The number of benzene rings is 1. The first-order valence-corrected chi connectivity index (χ1v) is 8.63. The van der Waals surface area contributed by atoms with Crippen LogP contribution in [0.5, 0.6) is 0 Å². The van der Waals surface area contributed by atoms with Gasteiger partial charge in [-0.25, -0.2) is 9.97 Å². The first kappa shape index (κ1) is 16.4. The molecule has 1 aromatic carbocycles. The monoisotopic (exact) mass is 324 g/mol. The predicted octanol–water partition coefficient (Wildman–Crippen LogP) is 3.41. The van der Waals surface area contributed by atoms with Gasteiger partial charge in [0.15, 0.2) is 0 Å². The van der Waals surface area contributed by atoms with Gasteiger partial charge in [0, 0.05) is 25.7 Å². The lowest BCUT2D eigenvalue weighted by Gasteiger charge is -2.19. The average molecular weight is 324 g/mol. The van der Waals surface area contributed by atoms with Crippen LogP contribution in [0.1, 0.15) is 47.3 Å². The summed E-state index contributed by atoms with van der Waals surface area (Å²) in [4.78, 5) is 22.9. The number of aryl methyl sites for hydroxylation is 1. The van der Waals surface area contributed by atoms with E-state index >= 15 is 0 Å². The molecule has 1 aromatic heterocycles. The molecule has 0 spiro atoms. The number of amides is 1. The highest BCUT2D eigenvalue weighted by molar-refractivity contribution is 5.92. The van der Waals surface area contributed by atoms with Gasteiger partial charge in [-0.2, -0.15) is 0 Å². The summed E-state index contributed by atoms with van der Waals surface area (Å²) < 4.78 is 0. The number of rotatable bonds is 4. The van der Waals surface area contributed by atoms with E-state index in [0.29, 0.717) is 18.1 Å². The summed E-state index contributed by atoms with van der Waals surface area (Å²) in [6, 6.07) is 10.1. The number of nitrogens with one attached hydrogen (secondary N) is 1. The largest absolute Gasteiger partial charge is 0.366 e. The zero-order chi connectivity index (χ0) is 16.8. The quantitative estimate of drug-likeness (QED) is 0.936. The highest BCUT2D eigenvalue weighted by atomic mass is 16.2. The van der Waals surface area contributed by atoms with Gasteiger partial charge in [-0.1, -0.05) is 42.7 Å². The Kier molecular flexibility index (Phi) is 5.41. The van der Waals surface area contributed by atoms with Crippen molar-refractivity contribution in [2.75, 3.05) is 18.4 Å². The fraction of sp³-hybridized carbons (Fsp3) is 0.421. The van der Waals surface area contributed by atoms with Crippen molar-refractivity contribution in [3.63, 3.8) is 0 Å². The van der Waals surface area contributed by atoms with Crippen molar-refractivity contribution in [3.05, 3.63) is 53.5 Å². The molecule has 126 valence electrons. The Morgan fingerprint density at radius 2 is 1.79 bits per heavy atom. The Balaban J connectivity index is 1.64. The Morgan fingerprint density at radius 3 is 2.50 bits per heavy atom. The fourth-order valence-corrected chi connectivity index (χ4v) is 2.91. The minimum absolute atomic E-state index is 0.0117. The van der Waals surface area contributed by atoms with Crippen LogP contribution in [0, 0.1) is 6.92 Å². The van der Waals surface area contributed by atoms with Crippen molar-refractivity contribution in [2.45, 2.75) is 39.2 Å². The van der Waals surface area contributed by atoms with Crippen molar-refractivity contribution >= 4 is 11.7 Å². The predicted molar refractivity (Wildman–Crippen MR) is 94.9 cm³/mol. The van der Waals surface area contributed by atoms with Gasteiger partial charge in [-0.15, -0.1) is 0 Å². The third kappa shape index (κ3) is 4.31. The zero-order valence-electron chi connectivity index (χ0n) is 14.2. The molecule has 5 nitrogen and oxygen atoms in total. The number of hydrogen-bond acceptors (Lipinski definition) is 4. The number of nitrogens with zero attached hydrogens (tertiary/aromatic N) is 3. The van der Waals surface area contributed by atoms with E-state index in [1.165, 1.54) is 30.3 Å². The van der Waals surface area contributed by atoms with Crippen molar-refractivity contribution in [1.82, 2.24) is 14.9 Å². The lowest BCUT2D eigenvalue weighted by molar-refractivity contribution is 0.0755. The normalized spacial score (nSPS) is 15.0. The number of likely N-dealkylation sites (tertiary alicyclic amines) is 1. The first-order chi connectivity index (χ1) is 11.7. The van der Waals surface area contributed by atoms with Crippen LogP contribution >= 0.6 is 0 Å². The van der Waals surface area contributed by atoms with E-state index in [2.05, 4.69) is 46.5 Å². The molecule has 0 unspecified atom stereocenters. The van der Waals surface area contributed by atoms with Gasteiger partial charge in [0.25, 0.3) is 5.91 Å². The summed E-state index contributed by atoms with van der Waals surface area (Å²) in [5, 5.41) is 3.27. The summed E-state index contributed by atoms with van der Waals surface area (Å²) >= 11 is 0. The summed E-state index contributed by atoms with van der Waals surface area (Å²) in [6.07, 6.45) is 6.03. The van der Waals surface area contributed by atoms with E-state index in [9.17, 15) is 4.79 Å². The molecule has 0 saturated carbocycles. The van der Waals surface area contributed by atoms with Gasteiger partial charge in [0.05, 0.1) is 0 Å². The second-order valence-electron chi connectivity index (χ2n) is 6.33. The molecule has 5 heteroatoms. The van der Waals surface area contributed by atoms with Crippen molar-refractivity contribution in [3.8, 4) is 0 Å². The number of hydrogen-bond donors (Lipinski definition) is 1. The maximum Gasteiger partial charge on any atom is 0.272 e. The molecule has 0 bridgehead atoms. The molecule has 24 heavy (non-hydrogen) atoms. The van der Waals surface area contributed by atoms with Gasteiger partial charge < -0.3 is 10.2 Å². The van der Waals surface area contributed by atoms with Crippen LogP contribution in [-0.2, 0) is 6.54 Å². The minimum atomic E-state index is 0.0117. The number of carbonyl (C=O) groups excluding carboxylic acids is 1. The molecule has 1 N–H and O–H groups in total. The smallest absolute Gasteiger partial charge is 0.272 e. The summed E-state index contributed by atoms with van der Waals surface area (Å²) in [7, 11) is 0. The lowest BCUT2D eigenvalue weighted by atomic mass is 10.1. The molecule has 0 radical (unpaired) electrons. The summed E-state index contributed by atoms with van der Waals surface area (Å²) in [5.41, 5.74) is 2.89. The maximum atomic E-state index is 12.6. The summed E-state index contributed by atoms with van der Waals surface area (Å²) in [6.45, 7) is 4.40. The third-order valence-electron chi connectivity index (χ3n) is 4.37. The number of aromatic nitrogens is 2. The van der Waals surface area contributed by atoms with E-state index in [1.54, 1.807) is 6.07 Å². The van der Waals surface area contributed by atoms with Crippen molar-refractivity contribution in [2.24, 2.45) is 0 Å². The molecule has 3 rings (SSSR count). The number of carbonyl (C=O) groups is 1. The van der Waals surface area contributed by atoms with Crippen LogP contribution in [-0.4, -0.2) is 33.9 Å². The molecule has 1 saturated heterocycles. The van der Waals surface area contributed by atoms with Gasteiger partial charge in [0.2, 0.25) is 0 Å². The second-order valence-corrected chi connectivity index (χ2v) is 6.33. The highest BCUT2D eigenvalue weighted by Gasteiger charge is 2.18. The highest BCUT2D eigenvalue weighted by Crippen LogP contribution is 2.14. The standard InChI is InChI=1S/C19H24N4O/c1-15-6-8-16(9-7-15)13-20-18-12-17(21-14-22-18)19(24)23-10-4-2-3-5-11-23/h6-9,12,14H,2-5,10-11,13H2,1H3,(H,20,21,22). The zero-order valence-corrected chi connectivity index (χ0v) is 14.2.